The Labute approximate surface area is 150 Å². The molecule has 2 rings (SSSR count). The smallest absolute Gasteiger partial charge is 0.244 e. The van der Waals surface area contributed by atoms with Crippen molar-refractivity contribution in [3.05, 3.63) is 71.3 Å². The highest BCUT2D eigenvalue weighted by Crippen LogP contribution is 2.18. The molecule has 0 bridgehead atoms. The number of carbonyl (C=O) groups is 1. The van der Waals surface area contributed by atoms with Gasteiger partial charge in [-0.1, -0.05) is 24.3 Å². The van der Waals surface area contributed by atoms with Crippen LogP contribution in [0.1, 0.15) is 11.1 Å². The van der Waals surface area contributed by atoms with Crippen molar-refractivity contribution in [1.29, 1.82) is 0 Å². The third-order valence-electron chi connectivity index (χ3n) is 3.36. The van der Waals surface area contributed by atoms with E-state index in [9.17, 15) is 13.6 Å². The highest BCUT2D eigenvalue weighted by molar-refractivity contribution is 7.98. The zero-order valence-corrected chi connectivity index (χ0v) is 14.6. The highest BCUT2D eigenvalue weighted by atomic mass is 32.2. The van der Waals surface area contributed by atoms with Gasteiger partial charge in [0.05, 0.1) is 7.11 Å². The van der Waals surface area contributed by atoms with Gasteiger partial charge in [0, 0.05) is 24.1 Å². The largest absolute Gasteiger partial charge is 0.494 e. The Morgan fingerprint density at radius 1 is 1.20 bits per heavy atom. The van der Waals surface area contributed by atoms with Gasteiger partial charge in [-0.3, -0.25) is 4.79 Å². The van der Waals surface area contributed by atoms with Crippen molar-refractivity contribution < 1.29 is 18.3 Å². The Kier molecular flexibility index (Phi) is 7.47. The van der Waals surface area contributed by atoms with Crippen molar-refractivity contribution in [1.82, 2.24) is 5.32 Å². The fourth-order valence-corrected chi connectivity index (χ4v) is 2.91. The van der Waals surface area contributed by atoms with Crippen LogP contribution in [-0.2, 0) is 10.5 Å². The second kappa shape index (κ2) is 9.84. The van der Waals surface area contributed by atoms with Crippen LogP contribution in [0, 0.1) is 11.6 Å². The van der Waals surface area contributed by atoms with E-state index in [1.54, 1.807) is 36.0 Å². The van der Waals surface area contributed by atoms with Crippen molar-refractivity contribution in [2.45, 2.75) is 5.75 Å². The van der Waals surface area contributed by atoms with Crippen LogP contribution in [0.15, 0.2) is 48.5 Å². The number of hydrogen-bond acceptors (Lipinski definition) is 3. The fraction of sp³-hybridized carbons (Fsp3) is 0.211. The van der Waals surface area contributed by atoms with Gasteiger partial charge in [0.25, 0.3) is 0 Å². The van der Waals surface area contributed by atoms with Gasteiger partial charge in [-0.25, -0.2) is 8.78 Å². The molecule has 0 saturated carbocycles. The van der Waals surface area contributed by atoms with Crippen molar-refractivity contribution in [2.75, 3.05) is 19.4 Å². The van der Waals surface area contributed by atoms with Crippen LogP contribution in [0.5, 0.6) is 5.75 Å². The highest BCUT2D eigenvalue weighted by Gasteiger charge is 2.03. The van der Waals surface area contributed by atoms with Gasteiger partial charge in [-0.15, -0.1) is 0 Å². The maximum Gasteiger partial charge on any atom is 0.244 e. The summed E-state index contributed by atoms with van der Waals surface area (Å²) in [5.74, 6) is 0.439. The van der Waals surface area contributed by atoms with Gasteiger partial charge >= 0.3 is 0 Å². The average molecular weight is 363 g/mol. The molecular weight excluding hydrogens is 344 g/mol. The van der Waals surface area contributed by atoms with Crippen LogP contribution in [0.3, 0.4) is 0 Å². The predicted octanol–water partition coefficient (Wildman–Crippen LogP) is 4.04. The molecule has 0 fully saturated rings. The molecule has 0 radical (unpaired) electrons. The van der Waals surface area contributed by atoms with Crippen LogP contribution in [0.2, 0.25) is 0 Å². The van der Waals surface area contributed by atoms with E-state index in [4.69, 9.17) is 4.74 Å². The molecule has 0 heterocycles. The quantitative estimate of drug-likeness (QED) is 0.568. The molecule has 0 aliphatic heterocycles. The molecule has 6 heteroatoms. The van der Waals surface area contributed by atoms with Crippen LogP contribution in [0.25, 0.3) is 6.08 Å². The maximum atomic E-state index is 13.5. The number of rotatable bonds is 8. The molecule has 132 valence electrons. The number of ether oxygens (including phenoxy) is 1. The summed E-state index contributed by atoms with van der Waals surface area (Å²) in [4.78, 5) is 11.7. The van der Waals surface area contributed by atoms with Crippen LogP contribution in [0.4, 0.5) is 8.78 Å². The van der Waals surface area contributed by atoms with E-state index in [-0.39, 0.29) is 17.5 Å². The van der Waals surface area contributed by atoms with Crippen molar-refractivity contribution in [3.8, 4) is 5.75 Å². The molecule has 0 saturated heterocycles. The first kappa shape index (κ1) is 19.0. The standard InChI is InChI=1S/C19H19F2NO2S/c1-24-18-8-6-14(12-17(18)21)7-9-19(23)22-10-11-25-13-15-4-2-3-5-16(15)20/h2-9,12H,10-11,13H2,1H3,(H,22,23)/b9-7+. The first-order valence-corrected chi connectivity index (χ1v) is 8.86. The van der Waals surface area contributed by atoms with Crippen molar-refractivity contribution >= 4 is 23.7 Å². The Bertz CT molecular complexity index is 750. The van der Waals surface area contributed by atoms with Gasteiger partial charge in [0.1, 0.15) is 5.82 Å². The minimum Gasteiger partial charge on any atom is -0.494 e. The average Bonchev–Trinajstić information content (AvgIpc) is 2.61. The van der Waals surface area contributed by atoms with E-state index >= 15 is 0 Å². The molecule has 1 amide bonds. The minimum absolute atomic E-state index is 0.161. The number of nitrogens with one attached hydrogen (secondary N) is 1. The van der Waals surface area contributed by atoms with Crippen LogP contribution >= 0.6 is 11.8 Å². The number of benzene rings is 2. The molecule has 2 aromatic carbocycles. The number of carbonyl (C=O) groups excluding carboxylic acids is 1. The van der Waals surface area contributed by atoms with Crippen molar-refractivity contribution in [3.63, 3.8) is 0 Å². The van der Waals surface area contributed by atoms with Gasteiger partial charge in [0.2, 0.25) is 5.91 Å². The zero-order chi connectivity index (χ0) is 18.1. The number of hydrogen-bond donors (Lipinski definition) is 1. The monoisotopic (exact) mass is 363 g/mol. The fourth-order valence-electron chi connectivity index (χ4n) is 2.06. The van der Waals surface area contributed by atoms with Crippen molar-refractivity contribution in [2.24, 2.45) is 0 Å². The van der Waals surface area contributed by atoms with E-state index in [0.29, 0.717) is 29.2 Å². The molecule has 0 atom stereocenters. The normalized spacial score (nSPS) is 10.8. The lowest BCUT2D eigenvalue weighted by Gasteiger charge is -2.04. The Morgan fingerprint density at radius 3 is 2.72 bits per heavy atom. The Hall–Kier alpha value is -2.34. The van der Waals surface area contributed by atoms with Gasteiger partial charge in [0.15, 0.2) is 11.6 Å². The second-order valence-corrected chi connectivity index (χ2v) is 6.27. The topological polar surface area (TPSA) is 38.3 Å². The minimum atomic E-state index is -0.477. The summed E-state index contributed by atoms with van der Waals surface area (Å²) in [6.45, 7) is 0.471. The van der Waals surface area contributed by atoms with E-state index in [0.717, 1.165) is 0 Å². The third kappa shape index (κ3) is 6.23. The third-order valence-corrected chi connectivity index (χ3v) is 4.37. The van der Waals surface area contributed by atoms with Gasteiger partial charge < -0.3 is 10.1 Å². The molecule has 2 aromatic rings. The summed E-state index contributed by atoms with van der Waals surface area (Å²) in [7, 11) is 1.39. The van der Waals surface area contributed by atoms with E-state index in [1.165, 1.54) is 37.5 Å². The first-order valence-electron chi connectivity index (χ1n) is 7.70. The number of thioether (sulfide) groups is 1. The molecule has 0 aliphatic carbocycles. The molecule has 0 unspecified atom stereocenters. The first-order chi connectivity index (χ1) is 12.1. The van der Waals surface area contributed by atoms with Crippen LogP contribution < -0.4 is 10.1 Å². The lowest BCUT2D eigenvalue weighted by atomic mass is 10.2. The number of halogens is 2. The summed E-state index contributed by atoms with van der Waals surface area (Å²) in [5.41, 5.74) is 1.22. The van der Waals surface area contributed by atoms with E-state index in [1.807, 2.05) is 0 Å². The Morgan fingerprint density at radius 2 is 2.00 bits per heavy atom. The van der Waals surface area contributed by atoms with E-state index < -0.39 is 5.82 Å². The molecule has 25 heavy (non-hydrogen) atoms. The molecule has 1 N–H and O–H groups in total. The number of amides is 1. The SMILES string of the molecule is COc1ccc(/C=C/C(=O)NCCSCc2ccccc2F)cc1F. The van der Waals surface area contributed by atoms with E-state index in [2.05, 4.69) is 5.32 Å². The molecule has 0 aromatic heterocycles. The summed E-state index contributed by atoms with van der Waals surface area (Å²) in [5, 5.41) is 2.73. The van der Waals surface area contributed by atoms with Gasteiger partial charge in [-0.05, 0) is 35.4 Å². The molecule has 3 nitrogen and oxygen atoms in total. The second-order valence-electron chi connectivity index (χ2n) is 5.16. The Balaban J connectivity index is 1.70. The maximum absolute atomic E-state index is 13.5. The molecule has 0 spiro atoms. The number of methoxy groups -OCH3 is 1. The zero-order valence-electron chi connectivity index (χ0n) is 13.8. The summed E-state index contributed by atoms with van der Waals surface area (Å²) >= 11 is 1.54. The summed E-state index contributed by atoms with van der Waals surface area (Å²) in [6.07, 6.45) is 2.88. The summed E-state index contributed by atoms with van der Waals surface area (Å²) < 4.78 is 31.8. The van der Waals surface area contributed by atoms with Gasteiger partial charge in [-0.2, -0.15) is 11.8 Å². The summed E-state index contributed by atoms with van der Waals surface area (Å²) in [6, 6.07) is 11.1. The molecular formula is C19H19F2NO2S. The lowest BCUT2D eigenvalue weighted by molar-refractivity contribution is -0.116. The predicted molar refractivity (Wildman–Crippen MR) is 97.6 cm³/mol. The lowest BCUT2D eigenvalue weighted by Crippen LogP contribution is -2.23. The molecule has 0 aliphatic rings. The van der Waals surface area contributed by atoms with Crippen LogP contribution in [-0.4, -0.2) is 25.3 Å².